The molecule has 7 nitrogen and oxygen atoms in total. The highest BCUT2D eigenvalue weighted by Gasteiger charge is 2.48. The summed E-state index contributed by atoms with van der Waals surface area (Å²) in [6.45, 7) is 3.49. The highest BCUT2D eigenvalue weighted by molar-refractivity contribution is 6.20. The van der Waals surface area contributed by atoms with Crippen LogP contribution in [0.4, 0.5) is 0 Å². The minimum absolute atomic E-state index is 0.145. The first kappa shape index (κ1) is 15.7. The van der Waals surface area contributed by atoms with Crippen molar-refractivity contribution in [3.63, 3.8) is 0 Å². The fraction of sp³-hybridized carbons (Fsp3) is 0.727. The van der Waals surface area contributed by atoms with E-state index in [1.54, 1.807) is 0 Å². The summed E-state index contributed by atoms with van der Waals surface area (Å²) < 4.78 is 20.0. The molecular formula is C11H15ClO7. The Bertz CT molecular complexity index is 370. The normalized spacial score (nSPS) is 29.7. The Morgan fingerprint density at radius 1 is 1.00 bits per heavy atom. The molecule has 1 saturated heterocycles. The van der Waals surface area contributed by atoms with Crippen LogP contribution in [-0.4, -0.2) is 48.4 Å². The molecule has 0 radical (unpaired) electrons. The molecule has 19 heavy (non-hydrogen) atoms. The zero-order chi connectivity index (χ0) is 14.6. The minimum Gasteiger partial charge on any atom is -0.463 e. The van der Waals surface area contributed by atoms with E-state index in [-0.39, 0.29) is 6.61 Å². The van der Waals surface area contributed by atoms with Gasteiger partial charge in [-0.05, 0) is 0 Å². The molecule has 0 aliphatic carbocycles. The average molecular weight is 295 g/mol. The van der Waals surface area contributed by atoms with Gasteiger partial charge < -0.3 is 18.9 Å². The van der Waals surface area contributed by atoms with E-state index in [1.165, 1.54) is 20.8 Å². The van der Waals surface area contributed by atoms with Gasteiger partial charge in [0, 0.05) is 20.8 Å². The third kappa shape index (κ3) is 4.68. The Labute approximate surface area is 115 Å². The lowest BCUT2D eigenvalue weighted by Gasteiger charge is -2.22. The van der Waals surface area contributed by atoms with Crippen molar-refractivity contribution in [1.82, 2.24) is 0 Å². The summed E-state index contributed by atoms with van der Waals surface area (Å²) in [5.41, 5.74) is -0.978. The van der Waals surface area contributed by atoms with Crippen molar-refractivity contribution >= 4 is 29.5 Å². The Balaban J connectivity index is 2.76. The lowest BCUT2D eigenvalue weighted by molar-refractivity contribution is -0.165. The number of carbonyl (C=O) groups is 3. The average Bonchev–Trinajstić information content (AvgIpc) is 2.53. The minimum atomic E-state index is -0.978. The zero-order valence-corrected chi connectivity index (χ0v) is 11.5. The summed E-state index contributed by atoms with van der Waals surface area (Å²) in [5.74, 6) is -1.67. The van der Waals surface area contributed by atoms with Gasteiger partial charge in [-0.15, -0.1) is 0 Å². The molecule has 1 unspecified atom stereocenters. The fourth-order valence-corrected chi connectivity index (χ4v) is 1.99. The molecule has 0 aromatic heterocycles. The molecule has 0 N–H and O–H groups in total. The van der Waals surface area contributed by atoms with Crippen molar-refractivity contribution < 1.29 is 33.3 Å². The molecule has 0 bridgehead atoms. The van der Waals surface area contributed by atoms with Crippen molar-refractivity contribution in [2.24, 2.45) is 0 Å². The number of carbonyl (C=O) groups excluding carboxylic acids is 3. The van der Waals surface area contributed by atoms with Crippen molar-refractivity contribution in [2.75, 3.05) is 6.61 Å². The predicted molar refractivity (Wildman–Crippen MR) is 62.3 cm³/mol. The van der Waals surface area contributed by atoms with E-state index in [2.05, 4.69) is 0 Å². The summed E-state index contributed by atoms with van der Waals surface area (Å²) in [6.07, 6.45) is -2.63. The molecule has 1 heterocycles. The van der Waals surface area contributed by atoms with Crippen LogP contribution in [0.1, 0.15) is 20.8 Å². The molecule has 1 rings (SSSR count). The van der Waals surface area contributed by atoms with Crippen LogP contribution >= 0.6 is 11.6 Å². The monoisotopic (exact) mass is 294 g/mol. The second-order valence-corrected chi connectivity index (χ2v) is 4.41. The van der Waals surface area contributed by atoms with E-state index in [4.69, 9.17) is 30.5 Å². The molecule has 1 aliphatic rings. The number of rotatable bonds is 4. The Hall–Kier alpha value is -1.34. The Kier molecular flexibility index (Phi) is 5.56. The first-order valence-electron chi connectivity index (χ1n) is 5.58. The first-order chi connectivity index (χ1) is 8.81. The topological polar surface area (TPSA) is 88.1 Å². The van der Waals surface area contributed by atoms with E-state index in [1.807, 2.05) is 0 Å². The van der Waals surface area contributed by atoms with Gasteiger partial charge in [0.05, 0.1) is 0 Å². The van der Waals surface area contributed by atoms with E-state index < -0.39 is 41.8 Å². The second-order valence-electron chi connectivity index (χ2n) is 3.98. The van der Waals surface area contributed by atoms with Gasteiger partial charge in [0.1, 0.15) is 12.7 Å². The van der Waals surface area contributed by atoms with Crippen LogP contribution in [0.3, 0.4) is 0 Å². The molecule has 0 amide bonds. The van der Waals surface area contributed by atoms with Crippen molar-refractivity contribution in [3.05, 3.63) is 0 Å². The predicted octanol–water partition coefficient (Wildman–Crippen LogP) is 0.377. The lowest BCUT2D eigenvalue weighted by Crippen LogP contribution is -2.40. The van der Waals surface area contributed by atoms with Gasteiger partial charge in [-0.25, -0.2) is 0 Å². The highest BCUT2D eigenvalue weighted by Crippen LogP contribution is 2.29. The molecule has 4 atom stereocenters. The van der Waals surface area contributed by atoms with Crippen LogP contribution in [-0.2, 0) is 33.3 Å². The lowest BCUT2D eigenvalue weighted by atomic mass is 10.1. The van der Waals surface area contributed by atoms with Gasteiger partial charge in [0.15, 0.2) is 17.8 Å². The maximum absolute atomic E-state index is 11.1. The third-order valence-corrected chi connectivity index (χ3v) is 2.66. The largest absolute Gasteiger partial charge is 0.463 e. The number of hydrogen-bond acceptors (Lipinski definition) is 7. The number of hydrogen-bond donors (Lipinski definition) is 0. The van der Waals surface area contributed by atoms with E-state index in [0.717, 1.165) is 0 Å². The van der Waals surface area contributed by atoms with Crippen molar-refractivity contribution in [3.8, 4) is 0 Å². The summed E-state index contributed by atoms with van der Waals surface area (Å²) >= 11 is 5.88. The fourth-order valence-electron chi connectivity index (χ4n) is 1.66. The molecule has 0 saturated carbocycles. The maximum atomic E-state index is 11.1. The Morgan fingerprint density at radius 3 is 2.00 bits per heavy atom. The van der Waals surface area contributed by atoms with Gasteiger partial charge in [-0.1, -0.05) is 11.6 Å². The maximum Gasteiger partial charge on any atom is 0.303 e. The number of esters is 3. The summed E-state index contributed by atoms with van der Waals surface area (Å²) in [7, 11) is 0. The quantitative estimate of drug-likeness (QED) is 0.420. The van der Waals surface area contributed by atoms with Gasteiger partial charge in [-0.3, -0.25) is 14.4 Å². The zero-order valence-electron chi connectivity index (χ0n) is 10.8. The molecule has 0 aromatic rings. The standard InChI is InChI=1S/C11H15ClO7/c1-5(13)16-4-8-9(17-6(2)14)10(11(12)19-8)18-7(3)15/h8-11H,4H2,1-3H3/t8-,9+,10+,11?/m1/s1. The van der Waals surface area contributed by atoms with Crippen LogP contribution in [0, 0.1) is 0 Å². The Morgan fingerprint density at radius 2 is 1.53 bits per heavy atom. The summed E-state index contributed by atoms with van der Waals surface area (Å²) in [5, 5.41) is 0. The van der Waals surface area contributed by atoms with Crippen LogP contribution < -0.4 is 0 Å². The van der Waals surface area contributed by atoms with Gasteiger partial charge in [-0.2, -0.15) is 0 Å². The van der Waals surface area contributed by atoms with Gasteiger partial charge in [0.2, 0.25) is 0 Å². The van der Waals surface area contributed by atoms with Crippen LogP contribution in [0.2, 0.25) is 0 Å². The van der Waals surface area contributed by atoms with E-state index in [0.29, 0.717) is 0 Å². The molecule has 1 fully saturated rings. The number of alkyl halides is 1. The number of ether oxygens (including phenoxy) is 4. The third-order valence-electron chi connectivity index (χ3n) is 2.31. The SMILES string of the molecule is CC(=O)OC[C@H]1OC(Cl)[C@@H](OC(C)=O)[C@H]1OC(C)=O. The van der Waals surface area contributed by atoms with Crippen molar-refractivity contribution in [1.29, 1.82) is 0 Å². The van der Waals surface area contributed by atoms with Gasteiger partial charge >= 0.3 is 17.9 Å². The number of halogens is 1. The molecular weight excluding hydrogens is 280 g/mol. The first-order valence-corrected chi connectivity index (χ1v) is 6.02. The van der Waals surface area contributed by atoms with Crippen molar-refractivity contribution in [2.45, 2.75) is 44.6 Å². The molecule has 0 aromatic carbocycles. The summed E-state index contributed by atoms with van der Waals surface area (Å²) in [4.78, 5) is 32.8. The molecule has 8 heteroatoms. The molecule has 108 valence electrons. The van der Waals surface area contributed by atoms with E-state index in [9.17, 15) is 14.4 Å². The second kappa shape index (κ2) is 6.72. The highest BCUT2D eigenvalue weighted by atomic mass is 35.5. The van der Waals surface area contributed by atoms with Crippen LogP contribution in [0.5, 0.6) is 0 Å². The molecule has 0 spiro atoms. The summed E-state index contributed by atoms with van der Waals surface area (Å²) in [6, 6.07) is 0. The van der Waals surface area contributed by atoms with Crippen LogP contribution in [0.15, 0.2) is 0 Å². The van der Waals surface area contributed by atoms with Crippen LogP contribution in [0.25, 0.3) is 0 Å². The van der Waals surface area contributed by atoms with Gasteiger partial charge in [0.25, 0.3) is 0 Å². The molecule has 1 aliphatic heterocycles. The van der Waals surface area contributed by atoms with E-state index >= 15 is 0 Å². The smallest absolute Gasteiger partial charge is 0.303 e.